The quantitative estimate of drug-likeness (QED) is 0.190. The van der Waals surface area contributed by atoms with E-state index >= 15 is 0 Å². The first-order chi connectivity index (χ1) is 14.6. The zero-order valence-electron chi connectivity index (χ0n) is 17.4. The van der Waals surface area contributed by atoms with Crippen molar-refractivity contribution in [3.05, 3.63) is 64.6 Å². The van der Waals surface area contributed by atoms with Crippen molar-refractivity contribution in [1.29, 1.82) is 0 Å². The lowest BCUT2D eigenvalue weighted by Crippen LogP contribution is -2.15. The van der Waals surface area contributed by atoms with E-state index in [1.165, 1.54) is 29.7 Å². The molecule has 0 bridgehead atoms. The van der Waals surface area contributed by atoms with Crippen LogP contribution in [0.4, 0.5) is 5.82 Å². The summed E-state index contributed by atoms with van der Waals surface area (Å²) in [5.41, 5.74) is 8.34. The second-order valence-electron chi connectivity index (χ2n) is 7.06. The minimum absolute atomic E-state index is 0.0260. The summed E-state index contributed by atoms with van der Waals surface area (Å²) < 4.78 is 30.4. The molecular formula is C21H23N5O3S2. The minimum Gasteiger partial charge on any atom is -0.435 e. The molecule has 8 nitrogen and oxygen atoms in total. The molecule has 0 atom stereocenters. The van der Waals surface area contributed by atoms with Crippen molar-refractivity contribution >= 4 is 38.6 Å². The van der Waals surface area contributed by atoms with Gasteiger partial charge >= 0.3 is 0 Å². The van der Waals surface area contributed by atoms with Crippen LogP contribution in [-0.4, -0.2) is 29.5 Å². The first-order valence-corrected chi connectivity index (χ1v) is 11.7. The number of benzene rings is 1. The zero-order chi connectivity index (χ0) is 22.8. The van der Waals surface area contributed by atoms with Gasteiger partial charge < -0.3 is 16.3 Å². The molecule has 0 fully saturated rings. The summed E-state index contributed by atoms with van der Waals surface area (Å²) in [5, 5.41) is 5.13. The van der Waals surface area contributed by atoms with Gasteiger partial charge in [0.05, 0.1) is 26.9 Å². The Kier molecular flexibility index (Phi) is 6.42. The number of nitrogens with two attached hydrogens (primary N) is 2. The number of hydrazone groups is 1. The van der Waals surface area contributed by atoms with Crippen molar-refractivity contribution in [2.24, 2.45) is 10.9 Å². The summed E-state index contributed by atoms with van der Waals surface area (Å²) >= 11 is 1.48. The fourth-order valence-corrected chi connectivity index (χ4v) is 4.53. The van der Waals surface area contributed by atoms with Gasteiger partial charge in [-0.1, -0.05) is 18.7 Å². The number of ether oxygens (including phenoxy) is 1. The summed E-state index contributed by atoms with van der Waals surface area (Å²) in [6.07, 6.45) is 1.48. The molecule has 0 aliphatic carbocycles. The van der Waals surface area contributed by atoms with Crippen LogP contribution in [-0.2, 0) is 14.6 Å². The van der Waals surface area contributed by atoms with E-state index in [1.54, 1.807) is 26.0 Å². The molecule has 3 aromatic rings. The number of hydrogen-bond donors (Lipinski definition) is 2. The van der Waals surface area contributed by atoms with Crippen molar-refractivity contribution in [1.82, 2.24) is 9.97 Å². The lowest BCUT2D eigenvalue weighted by molar-refractivity contribution is 0.507. The third-order valence-electron chi connectivity index (χ3n) is 4.45. The van der Waals surface area contributed by atoms with Gasteiger partial charge in [-0.25, -0.2) is 18.4 Å². The average Bonchev–Trinajstić information content (AvgIpc) is 3.19. The van der Waals surface area contributed by atoms with Gasteiger partial charge in [-0.05, 0) is 49.9 Å². The molecule has 4 N–H and O–H groups in total. The molecule has 0 saturated heterocycles. The maximum absolute atomic E-state index is 12.3. The summed E-state index contributed by atoms with van der Waals surface area (Å²) in [6.45, 7) is 9.16. The Morgan fingerprint density at radius 3 is 2.48 bits per heavy atom. The average molecular weight is 458 g/mol. The van der Waals surface area contributed by atoms with Crippen LogP contribution in [0, 0.1) is 6.92 Å². The van der Waals surface area contributed by atoms with E-state index in [0.717, 1.165) is 10.4 Å². The number of sulfone groups is 1. The Morgan fingerprint density at radius 1 is 1.26 bits per heavy atom. The Labute approximate surface area is 185 Å². The number of nitrogens with zero attached hydrogens (tertiary/aromatic N) is 3. The monoisotopic (exact) mass is 457 g/mol. The highest BCUT2D eigenvalue weighted by Gasteiger charge is 2.20. The molecule has 10 heteroatoms. The predicted molar refractivity (Wildman–Crippen MR) is 124 cm³/mol. The number of hydrogen-bond acceptors (Lipinski definition) is 9. The van der Waals surface area contributed by atoms with Crippen LogP contribution in [0.25, 0.3) is 17.0 Å². The molecule has 0 radical (unpaired) electrons. The van der Waals surface area contributed by atoms with Gasteiger partial charge in [0.25, 0.3) is 5.90 Å². The largest absolute Gasteiger partial charge is 0.435 e. The third kappa shape index (κ3) is 4.75. The first-order valence-electron chi connectivity index (χ1n) is 9.31. The van der Waals surface area contributed by atoms with Crippen molar-refractivity contribution in [2.45, 2.75) is 30.9 Å². The molecule has 2 heterocycles. The standard InChI is InChI=1S/C21H23N5O3S2/c1-12(2)31(27,28)16-7-5-15(6-8-16)17-10-24-20(22)19(25-17)21(26-23)29-14(4)18-9-13(3)11-30-18/h5-12H,4,23H2,1-3H3,(H2,22,24)/b26-21-. The van der Waals surface area contributed by atoms with Crippen LogP contribution >= 0.6 is 11.3 Å². The number of rotatable bonds is 6. The lowest BCUT2D eigenvalue weighted by Gasteiger charge is -2.12. The van der Waals surface area contributed by atoms with Crippen LogP contribution in [0.1, 0.15) is 30.0 Å². The SMILES string of the molecule is C=C(O/C(=N\N)c1nc(-c2ccc(S(=O)(=O)C(C)C)cc2)cnc1N)c1cc(C)cs1. The minimum atomic E-state index is -3.37. The summed E-state index contributed by atoms with van der Waals surface area (Å²) in [6, 6.07) is 8.33. The van der Waals surface area contributed by atoms with E-state index < -0.39 is 15.1 Å². The van der Waals surface area contributed by atoms with Gasteiger partial charge in [0, 0.05) is 5.56 Å². The molecule has 2 aromatic heterocycles. The van der Waals surface area contributed by atoms with Gasteiger partial charge in [-0.2, -0.15) is 0 Å². The molecule has 0 aliphatic rings. The molecule has 162 valence electrons. The summed E-state index contributed by atoms with van der Waals surface area (Å²) in [5.74, 6) is 5.94. The van der Waals surface area contributed by atoms with Crippen molar-refractivity contribution in [3.8, 4) is 11.3 Å². The third-order valence-corrected chi connectivity index (χ3v) is 7.70. The summed E-state index contributed by atoms with van der Waals surface area (Å²) in [7, 11) is -3.37. The van der Waals surface area contributed by atoms with Gasteiger partial charge in [0.1, 0.15) is 5.76 Å². The lowest BCUT2D eigenvalue weighted by atomic mass is 10.1. The maximum Gasteiger partial charge on any atom is 0.265 e. The number of aryl methyl sites for hydroxylation is 1. The Morgan fingerprint density at radius 2 is 1.94 bits per heavy atom. The van der Waals surface area contributed by atoms with E-state index in [9.17, 15) is 8.42 Å². The molecule has 0 aliphatic heterocycles. The van der Waals surface area contributed by atoms with Crippen molar-refractivity contribution in [2.75, 3.05) is 5.73 Å². The van der Waals surface area contributed by atoms with E-state index in [2.05, 4.69) is 21.6 Å². The van der Waals surface area contributed by atoms with E-state index in [4.69, 9.17) is 16.3 Å². The van der Waals surface area contributed by atoms with Crippen LogP contribution in [0.3, 0.4) is 0 Å². The van der Waals surface area contributed by atoms with Gasteiger partial charge in [0.15, 0.2) is 21.3 Å². The second kappa shape index (κ2) is 8.86. The molecule has 0 unspecified atom stereocenters. The summed E-state index contributed by atoms with van der Waals surface area (Å²) in [4.78, 5) is 9.71. The molecule has 1 aromatic carbocycles. The molecule has 31 heavy (non-hydrogen) atoms. The van der Waals surface area contributed by atoms with Gasteiger partial charge in [-0.3, -0.25) is 0 Å². The molecular weight excluding hydrogens is 434 g/mol. The number of thiophene rings is 1. The fraction of sp³-hybridized carbons (Fsp3) is 0.190. The Balaban J connectivity index is 1.91. The normalized spacial score (nSPS) is 12.2. The van der Waals surface area contributed by atoms with Gasteiger partial charge in [-0.15, -0.1) is 16.4 Å². The van der Waals surface area contributed by atoms with Crippen molar-refractivity contribution < 1.29 is 13.2 Å². The van der Waals surface area contributed by atoms with Gasteiger partial charge in [0.2, 0.25) is 0 Å². The van der Waals surface area contributed by atoms with Crippen LogP contribution in [0.2, 0.25) is 0 Å². The zero-order valence-corrected chi connectivity index (χ0v) is 19.0. The Hall–Kier alpha value is -3.24. The van der Waals surface area contributed by atoms with Crippen LogP contribution in [0.5, 0.6) is 0 Å². The molecule has 0 amide bonds. The van der Waals surface area contributed by atoms with Crippen LogP contribution < -0.4 is 11.6 Å². The second-order valence-corrected chi connectivity index (χ2v) is 10.5. The highest BCUT2D eigenvalue weighted by atomic mass is 32.2. The highest BCUT2D eigenvalue weighted by Crippen LogP contribution is 2.26. The van der Waals surface area contributed by atoms with E-state index in [-0.39, 0.29) is 22.3 Å². The topological polar surface area (TPSA) is 134 Å². The van der Waals surface area contributed by atoms with E-state index in [0.29, 0.717) is 17.0 Å². The fourth-order valence-electron chi connectivity index (χ4n) is 2.66. The predicted octanol–water partition coefficient (Wildman–Crippen LogP) is 3.59. The van der Waals surface area contributed by atoms with Crippen LogP contribution in [0.15, 0.2) is 58.5 Å². The molecule has 0 saturated carbocycles. The highest BCUT2D eigenvalue weighted by molar-refractivity contribution is 7.92. The number of aromatic nitrogens is 2. The smallest absolute Gasteiger partial charge is 0.265 e. The molecule has 0 spiro atoms. The van der Waals surface area contributed by atoms with E-state index in [1.807, 2.05) is 18.4 Å². The Bertz CT molecular complexity index is 1250. The molecule has 3 rings (SSSR count). The number of nitrogen functional groups attached to an aromatic ring is 1. The van der Waals surface area contributed by atoms with Crippen molar-refractivity contribution in [3.63, 3.8) is 0 Å². The maximum atomic E-state index is 12.3. The number of anilines is 1. The first kappa shape index (κ1) is 22.4.